The summed E-state index contributed by atoms with van der Waals surface area (Å²) < 4.78 is 30.0. The van der Waals surface area contributed by atoms with Gasteiger partial charge in [-0.25, -0.2) is 0 Å². The fraction of sp³-hybridized carbons (Fsp3) is 0.125. The molecule has 0 aliphatic heterocycles. The first-order valence-electron chi connectivity index (χ1n) is 3.48. The number of carbonyl (C=O) groups excluding carboxylic acids is 1. The summed E-state index contributed by atoms with van der Waals surface area (Å²) in [5.41, 5.74) is 0.185. The Kier molecular flexibility index (Phi) is 2.49. The third-order valence-electron chi connectivity index (χ3n) is 1.65. The number of allylic oxidation sites excluding steroid dienone is 4. The van der Waals surface area contributed by atoms with E-state index in [0.717, 1.165) is 6.08 Å². The molecule has 0 spiro atoms. The zero-order valence-electron chi connectivity index (χ0n) is 6.67. The van der Waals surface area contributed by atoms with Gasteiger partial charge in [0.2, 0.25) is 0 Å². The van der Waals surface area contributed by atoms with Crippen LogP contribution in [0.3, 0.4) is 0 Å². The third-order valence-corrected chi connectivity index (χ3v) is 2.66. The van der Waals surface area contributed by atoms with Crippen LogP contribution in [0.5, 0.6) is 0 Å². The van der Waals surface area contributed by atoms with Crippen LogP contribution in [0, 0.1) is 0 Å². The fourth-order valence-corrected chi connectivity index (χ4v) is 1.69. The molecule has 0 bridgehead atoms. The second-order valence-electron chi connectivity index (χ2n) is 2.51. The van der Waals surface area contributed by atoms with Gasteiger partial charge in [0.15, 0.2) is 11.0 Å². The van der Waals surface area contributed by atoms with Gasteiger partial charge in [-0.3, -0.25) is 9.35 Å². The van der Waals surface area contributed by atoms with E-state index in [4.69, 9.17) is 4.55 Å². The van der Waals surface area contributed by atoms with E-state index in [9.17, 15) is 13.2 Å². The summed E-state index contributed by atoms with van der Waals surface area (Å²) in [5, 5.41) is -1.48. The summed E-state index contributed by atoms with van der Waals surface area (Å²) in [6, 6.07) is 0. The van der Waals surface area contributed by atoms with Gasteiger partial charge in [-0.15, -0.1) is 0 Å². The van der Waals surface area contributed by atoms with Crippen molar-refractivity contribution in [2.24, 2.45) is 0 Å². The molecule has 1 aliphatic rings. The fourth-order valence-electron chi connectivity index (χ4n) is 0.997. The second-order valence-corrected chi connectivity index (χ2v) is 4.05. The molecule has 1 N–H and O–H groups in total. The van der Waals surface area contributed by atoms with Crippen molar-refractivity contribution in [3.05, 3.63) is 36.5 Å². The molecule has 13 heavy (non-hydrogen) atoms. The number of ketones is 1. The SMILES string of the molecule is C=CC1=CC=CC(S(=O)(=O)O)C1=O. The number of rotatable bonds is 2. The van der Waals surface area contributed by atoms with Crippen LogP contribution in [-0.4, -0.2) is 24.0 Å². The van der Waals surface area contributed by atoms with Crippen molar-refractivity contribution >= 4 is 15.9 Å². The molecule has 5 heteroatoms. The molecule has 0 aromatic rings. The van der Waals surface area contributed by atoms with Crippen LogP contribution in [0.1, 0.15) is 0 Å². The maximum atomic E-state index is 11.3. The predicted octanol–water partition coefficient (Wildman–Crippen LogP) is 0.494. The summed E-state index contributed by atoms with van der Waals surface area (Å²) in [6.45, 7) is 3.35. The van der Waals surface area contributed by atoms with E-state index in [1.54, 1.807) is 0 Å². The Morgan fingerprint density at radius 3 is 2.62 bits per heavy atom. The van der Waals surface area contributed by atoms with Crippen molar-refractivity contribution in [1.29, 1.82) is 0 Å². The molecule has 0 saturated carbocycles. The molecule has 0 fully saturated rings. The van der Waals surface area contributed by atoms with E-state index in [2.05, 4.69) is 6.58 Å². The van der Waals surface area contributed by atoms with Gasteiger partial charge in [0.1, 0.15) is 0 Å². The standard InChI is InChI=1S/C8H8O4S/c1-2-6-4-3-5-7(8(6)9)13(10,11)12/h2-5,7H,1H2,(H,10,11,12). The predicted molar refractivity (Wildman–Crippen MR) is 47.8 cm³/mol. The largest absolute Gasteiger partial charge is 0.292 e. The molecule has 1 atom stereocenters. The maximum Gasteiger partial charge on any atom is 0.279 e. The summed E-state index contributed by atoms with van der Waals surface area (Å²) in [6.07, 6.45) is 5.22. The highest BCUT2D eigenvalue weighted by Crippen LogP contribution is 2.15. The Morgan fingerprint density at radius 2 is 2.15 bits per heavy atom. The molecule has 0 saturated heterocycles. The van der Waals surface area contributed by atoms with Crippen molar-refractivity contribution in [1.82, 2.24) is 0 Å². The molecular formula is C8H8O4S. The zero-order chi connectivity index (χ0) is 10.1. The van der Waals surface area contributed by atoms with Gasteiger partial charge >= 0.3 is 0 Å². The van der Waals surface area contributed by atoms with E-state index >= 15 is 0 Å². The molecule has 1 unspecified atom stereocenters. The number of Topliss-reactive ketones (excluding diaryl/α,β-unsaturated/α-hetero) is 1. The summed E-state index contributed by atoms with van der Waals surface area (Å²) in [5.74, 6) is -0.653. The molecule has 1 rings (SSSR count). The molecule has 0 aromatic carbocycles. The summed E-state index contributed by atoms with van der Waals surface area (Å²) in [7, 11) is -4.34. The highest BCUT2D eigenvalue weighted by atomic mass is 32.2. The monoisotopic (exact) mass is 200 g/mol. The van der Waals surface area contributed by atoms with Gasteiger partial charge in [-0.2, -0.15) is 8.42 Å². The minimum Gasteiger partial charge on any atom is -0.292 e. The van der Waals surface area contributed by atoms with E-state index < -0.39 is 21.2 Å². The quantitative estimate of drug-likeness (QED) is 0.658. The van der Waals surface area contributed by atoms with Crippen LogP contribution in [0.15, 0.2) is 36.5 Å². The lowest BCUT2D eigenvalue weighted by Gasteiger charge is -2.11. The van der Waals surface area contributed by atoms with Gasteiger partial charge < -0.3 is 0 Å². The molecule has 0 radical (unpaired) electrons. The normalized spacial score (nSPS) is 22.7. The maximum absolute atomic E-state index is 11.3. The van der Waals surface area contributed by atoms with Gasteiger partial charge in [0, 0.05) is 5.57 Å². The minimum atomic E-state index is -4.34. The Balaban J connectivity index is 3.11. The topological polar surface area (TPSA) is 71.4 Å². The number of hydrogen-bond acceptors (Lipinski definition) is 3. The molecular weight excluding hydrogens is 192 g/mol. The van der Waals surface area contributed by atoms with Crippen LogP contribution in [0.2, 0.25) is 0 Å². The van der Waals surface area contributed by atoms with Gasteiger partial charge in [-0.05, 0) is 0 Å². The van der Waals surface area contributed by atoms with Gasteiger partial charge in [0.25, 0.3) is 10.1 Å². The van der Waals surface area contributed by atoms with E-state index in [1.807, 2.05) is 0 Å². The highest BCUT2D eigenvalue weighted by molar-refractivity contribution is 7.87. The summed E-state index contributed by atoms with van der Waals surface area (Å²) >= 11 is 0. The van der Waals surface area contributed by atoms with Crippen molar-refractivity contribution < 1.29 is 17.8 Å². The van der Waals surface area contributed by atoms with Crippen LogP contribution in [-0.2, 0) is 14.9 Å². The van der Waals surface area contributed by atoms with E-state index in [1.165, 1.54) is 18.2 Å². The Labute approximate surface area is 76.0 Å². The smallest absolute Gasteiger partial charge is 0.279 e. The molecule has 0 amide bonds. The Hall–Kier alpha value is -1.20. The Bertz CT molecular complexity index is 400. The second kappa shape index (κ2) is 3.27. The number of carbonyl (C=O) groups is 1. The average Bonchev–Trinajstić information content (AvgIpc) is 2.02. The molecule has 0 heterocycles. The lowest BCUT2D eigenvalue weighted by Crippen LogP contribution is -2.30. The average molecular weight is 200 g/mol. The molecule has 0 aromatic heterocycles. The van der Waals surface area contributed by atoms with Crippen LogP contribution >= 0.6 is 0 Å². The van der Waals surface area contributed by atoms with Gasteiger partial charge in [0.05, 0.1) is 0 Å². The van der Waals surface area contributed by atoms with E-state index in [0.29, 0.717) is 0 Å². The van der Waals surface area contributed by atoms with Crippen molar-refractivity contribution in [3.63, 3.8) is 0 Å². The van der Waals surface area contributed by atoms with Crippen molar-refractivity contribution in [3.8, 4) is 0 Å². The van der Waals surface area contributed by atoms with Crippen molar-refractivity contribution in [2.75, 3.05) is 0 Å². The first-order valence-corrected chi connectivity index (χ1v) is 4.98. The minimum absolute atomic E-state index is 0.185. The lowest BCUT2D eigenvalue weighted by atomic mass is 10.0. The van der Waals surface area contributed by atoms with E-state index in [-0.39, 0.29) is 5.57 Å². The molecule has 4 nitrogen and oxygen atoms in total. The van der Waals surface area contributed by atoms with Crippen LogP contribution in [0.4, 0.5) is 0 Å². The lowest BCUT2D eigenvalue weighted by molar-refractivity contribution is -0.114. The van der Waals surface area contributed by atoms with Crippen molar-refractivity contribution in [2.45, 2.75) is 5.25 Å². The first kappa shape index (κ1) is 9.88. The van der Waals surface area contributed by atoms with Crippen LogP contribution < -0.4 is 0 Å². The van der Waals surface area contributed by atoms with Gasteiger partial charge in [-0.1, -0.05) is 30.9 Å². The first-order chi connectivity index (χ1) is 5.96. The zero-order valence-corrected chi connectivity index (χ0v) is 7.49. The highest BCUT2D eigenvalue weighted by Gasteiger charge is 2.30. The molecule has 1 aliphatic carbocycles. The number of hydrogen-bond donors (Lipinski definition) is 1. The third kappa shape index (κ3) is 1.93. The summed E-state index contributed by atoms with van der Waals surface area (Å²) in [4.78, 5) is 11.3. The van der Waals surface area contributed by atoms with Crippen LogP contribution in [0.25, 0.3) is 0 Å². The molecule has 70 valence electrons. The Morgan fingerprint density at radius 1 is 1.54 bits per heavy atom.